The van der Waals surface area contributed by atoms with E-state index < -0.39 is 18.1 Å². The van der Waals surface area contributed by atoms with Crippen molar-refractivity contribution in [2.24, 2.45) is 5.73 Å². The van der Waals surface area contributed by atoms with Crippen LogP contribution in [-0.4, -0.2) is 28.3 Å². The van der Waals surface area contributed by atoms with Gasteiger partial charge in [0.1, 0.15) is 6.04 Å². The van der Waals surface area contributed by atoms with Crippen molar-refractivity contribution in [1.82, 2.24) is 0 Å². The molecule has 4 heteroatoms. The zero-order chi connectivity index (χ0) is 8.85. The summed E-state index contributed by atoms with van der Waals surface area (Å²) in [5, 5.41) is 17.5. The van der Waals surface area contributed by atoms with Crippen molar-refractivity contribution in [3.63, 3.8) is 0 Å². The minimum Gasteiger partial charge on any atom is -0.480 e. The van der Waals surface area contributed by atoms with Crippen molar-refractivity contribution in [3.05, 3.63) is 0 Å². The standard InChI is InChI=1S/C7H15NO3/c1-2-3-4-5(9)6(8)7(10)11/h5-6,9H,2-4,8H2,1H3,(H,10,11)/t5?,6-/m0/s1. The molecule has 0 aromatic carbocycles. The molecule has 0 bridgehead atoms. The van der Waals surface area contributed by atoms with E-state index in [9.17, 15) is 4.79 Å². The van der Waals surface area contributed by atoms with Crippen molar-refractivity contribution in [1.29, 1.82) is 0 Å². The normalized spacial score (nSPS) is 15.9. The zero-order valence-corrected chi connectivity index (χ0v) is 6.66. The molecule has 11 heavy (non-hydrogen) atoms. The van der Waals surface area contributed by atoms with Crippen LogP contribution in [-0.2, 0) is 4.79 Å². The van der Waals surface area contributed by atoms with Crippen LogP contribution in [0.2, 0.25) is 0 Å². The van der Waals surface area contributed by atoms with Crippen LogP contribution in [0, 0.1) is 0 Å². The smallest absolute Gasteiger partial charge is 0.323 e. The first-order valence-corrected chi connectivity index (χ1v) is 3.76. The summed E-state index contributed by atoms with van der Waals surface area (Å²) < 4.78 is 0. The van der Waals surface area contributed by atoms with E-state index >= 15 is 0 Å². The Kier molecular flexibility index (Phi) is 4.81. The van der Waals surface area contributed by atoms with Gasteiger partial charge in [0.2, 0.25) is 0 Å². The molecule has 4 N–H and O–H groups in total. The molecule has 0 aliphatic rings. The fraction of sp³-hybridized carbons (Fsp3) is 0.857. The average molecular weight is 161 g/mol. The van der Waals surface area contributed by atoms with E-state index in [-0.39, 0.29) is 0 Å². The fourth-order valence-corrected chi connectivity index (χ4v) is 0.757. The first kappa shape index (κ1) is 10.4. The Morgan fingerprint density at radius 2 is 2.18 bits per heavy atom. The highest BCUT2D eigenvalue weighted by molar-refractivity contribution is 5.73. The molecule has 1 unspecified atom stereocenters. The van der Waals surface area contributed by atoms with Gasteiger partial charge in [-0.25, -0.2) is 0 Å². The van der Waals surface area contributed by atoms with Gasteiger partial charge >= 0.3 is 5.97 Å². The molecule has 66 valence electrons. The van der Waals surface area contributed by atoms with Gasteiger partial charge in [0, 0.05) is 0 Å². The number of nitrogens with two attached hydrogens (primary N) is 1. The molecule has 0 radical (unpaired) electrons. The van der Waals surface area contributed by atoms with Gasteiger partial charge in [-0.05, 0) is 6.42 Å². The number of hydrogen-bond acceptors (Lipinski definition) is 3. The summed E-state index contributed by atoms with van der Waals surface area (Å²) in [5.41, 5.74) is 5.15. The molecule has 0 amide bonds. The number of hydrogen-bond donors (Lipinski definition) is 3. The lowest BCUT2D eigenvalue weighted by molar-refractivity contribution is -0.141. The third-order valence-corrected chi connectivity index (χ3v) is 1.55. The van der Waals surface area contributed by atoms with Crippen LogP contribution < -0.4 is 5.73 Å². The van der Waals surface area contributed by atoms with Crippen LogP contribution in [0.1, 0.15) is 26.2 Å². The maximum absolute atomic E-state index is 10.2. The van der Waals surface area contributed by atoms with Crippen LogP contribution in [0.5, 0.6) is 0 Å². The van der Waals surface area contributed by atoms with Gasteiger partial charge in [-0.3, -0.25) is 4.79 Å². The fourth-order valence-electron chi connectivity index (χ4n) is 0.757. The Balaban J connectivity index is 3.63. The summed E-state index contributed by atoms with van der Waals surface area (Å²) in [5.74, 6) is -1.14. The maximum Gasteiger partial charge on any atom is 0.323 e. The molecule has 0 spiro atoms. The van der Waals surface area contributed by atoms with E-state index in [0.717, 1.165) is 12.8 Å². The molecule has 0 fully saturated rings. The molecule has 2 atom stereocenters. The molecular formula is C7H15NO3. The Morgan fingerprint density at radius 3 is 2.55 bits per heavy atom. The molecule has 0 rings (SSSR count). The van der Waals surface area contributed by atoms with Crippen LogP contribution in [0.15, 0.2) is 0 Å². The summed E-state index contributed by atoms with van der Waals surface area (Å²) in [7, 11) is 0. The number of aliphatic hydroxyl groups excluding tert-OH is 1. The number of aliphatic carboxylic acids is 1. The van der Waals surface area contributed by atoms with Crippen LogP contribution >= 0.6 is 0 Å². The van der Waals surface area contributed by atoms with Gasteiger partial charge < -0.3 is 15.9 Å². The van der Waals surface area contributed by atoms with Gasteiger partial charge in [0.25, 0.3) is 0 Å². The summed E-state index contributed by atoms with van der Waals surface area (Å²) >= 11 is 0. The van der Waals surface area contributed by atoms with Crippen LogP contribution in [0.25, 0.3) is 0 Å². The van der Waals surface area contributed by atoms with Crippen LogP contribution in [0.4, 0.5) is 0 Å². The van der Waals surface area contributed by atoms with E-state index in [4.69, 9.17) is 15.9 Å². The second-order valence-electron chi connectivity index (χ2n) is 2.57. The predicted octanol–water partition coefficient (Wildman–Crippen LogP) is -0.0506. The second-order valence-corrected chi connectivity index (χ2v) is 2.57. The third kappa shape index (κ3) is 3.95. The first-order valence-electron chi connectivity index (χ1n) is 3.76. The van der Waals surface area contributed by atoms with Gasteiger partial charge in [-0.2, -0.15) is 0 Å². The van der Waals surface area contributed by atoms with Crippen LogP contribution in [0.3, 0.4) is 0 Å². The van der Waals surface area contributed by atoms with Crippen molar-refractivity contribution >= 4 is 5.97 Å². The molecule has 4 nitrogen and oxygen atoms in total. The minimum atomic E-state index is -1.14. The van der Waals surface area contributed by atoms with E-state index in [1.807, 2.05) is 6.92 Å². The molecular weight excluding hydrogens is 146 g/mol. The monoisotopic (exact) mass is 161 g/mol. The van der Waals surface area contributed by atoms with Gasteiger partial charge in [-0.1, -0.05) is 19.8 Å². The summed E-state index contributed by atoms with van der Waals surface area (Å²) in [6, 6.07) is -1.14. The number of unbranched alkanes of at least 4 members (excludes halogenated alkanes) is 1. The number of carboxylic acids is 1. The molecule has 0 saturated heterocycles. The summed E-state index contributed by atoms with van der Waals surface area (Å²) in [4.78, 5) is 10.2. The van der Waals surface area contributed by atoms with Gasteiger partial charge in [-0.15, -0.1) is 0 Å². The van der Waals surface area contributed by atoms with E-state index in [0.29, 0.717) is 6.42 Å². The molecule has 0 aromatic rings. The Hall–Kier alpha value is -0.610. The summed E-state index contributed by atoms with van der Waals surface area (Å²) in [6.45, 7) is 1.97. The Labute approximate surface area is 66.0 Å². The lowest BCUT2D eigenvalue weighted by Crippen LogP contribution is -2.41. The van der Waals surface area contributed by atoms with Crippen molar-refractivity contribution in [2.75, 3.05) is 0 Å². The SMILES string of the molecule is CCCCC(O)[C@H](N)C(=O)O. The van der Waals surface area contributed by atoms with E-state index in [1.165, 1.54) is 0 Å². The zero-order valence-electron chi connectivity index (χ0n) is 6.66. The Bertz CT molecular complexity index is 127. The topological polar surface area (TPSA) is 83.5 Å². The lowest BCUT2D eigenvalue weighted by Gasteiger charge is -2.13. The third-order valence-electron chi connectivity index (χ3n) is 1.55. The molecule has 0 heterocycles. The van der Waals surface area contributed by atoms with Crippen molar-refractivity contribution in [2.45, 2.75) is 38.3 Å². The second kappa shape index (κ2) is 5.09. The average Bonchev–Trinajstić information content (AvgIpc) is 1.98. The molecule has 0 aliphatic carbocycles. The highest BCUT2D eigenvalue weighted by atomic mass is 16.4. The van der Waals surface area contributed by atoms with E-state index in [2.05, 4.69) is 0 Å². The molecule has 0 aromatic heterocycles. The molecule has 0 aliphatic heterocycles. The number of aliphatic hydroxyl groups is 1. The number of carbonyl (C=O) groups is 1. The van der Waals surface area contributed by atoms with Crippen molar-refractivity contribution < 1.29 is 15.0 Å². The number of rotatable bonds is 5. The quantitative estimate of drug-likeness (QED) is 0.528. The maximum atomic E-state index is 10.2. The van der Waals surface area contributed by atoms with Gasteiger partial charge in [0.15, 0.2) is 0 Å². The minimum absolute atomic E-state index is 0.462. The largest absolute Gasteiger partial charge is 0.480 e. The predicted molar refractivity (Wildman–Crippen MR) is 41.1 cm³/mol. The Morgan fingerprint density at radius 1 is 1.64 bits per heavy atom. The first-order chi connectivity index (χ1) is 5.09. The number of carboxylic acid groups (broad SMARTS) is 1. The highest BCUT2D eigenvalue weighted by Gasteiger charge is 2.20. The molecule has 0 saturated carbocycles. The van der Waals surface area contributed by atoms with Gasteiger partial charge in [0.05, 0.1) is 6.10 Å². The highest BCUT2D eigenvalue weighted by Crippen LogP contribution is 2.02. The van der Waals surface area contributed by atoms with Crippen molar-refractivity contribution in [3.8, 4) is 0 Å². The lowest BCUT2D eigenvalue weighted by atomic mass is 10.1. The van der Waals surface area contributed by atoms with E-state index in [1.54, 1.807) is 0 Å². The summed E-state index contributed by atoms with van der Waals surface area (Å²) in [6.07, 6.45) is 1.29.